The van der Waals surface area contributed by atoms with Crippen LogP contribution >= 0.6 is 0 Å². The van der Waals surface area contributed by atoms with Gasteiger partial charge in [-0.25, -0.2) is 4.39 Å². The molecule has 3 heteroatoms. The molecule has 0 saturated carbocycles. The summed E-state index contributed by atoms with van der Waals surface area (Å²) in [5.41, 5.74) is 6.47. The van der Waals surface area contributed by atoms with Gasteiger partial charge in [-0.1, -0.05) is 20.8 Å². The number of nitrogens with two attached hydrogens (primary N) is 1. The van der Waals surface area contributed by atoms with Gasteiger partial charge in [-0.05, 0) is 30.5 Å². The summed E-state index contributed by atoms with van der Waals surface area (Å²) in [7, 11) is 0. The second kappa shape index (κ2) is 5.01. The van der Waals surface area contributed by atoms with E-state index in [-0.39, 0.29) is 5.82 Å². The molecule has 1 atom stereocenters. The van der Waals surface area contributed by atoms with Crippen molar-refractivity contribution in [1.29, 1.82) is 0 Å². The van der Waals surface area contributed by atoms with Gasteiger partial charge in [-0.2, -0.15) is 0 Å². The Morgan fingerprint density at radius 2 is 2.07 bits per heavy atom. The van der Waals surface area contributed by atoms with Crippen molar-refractivity contribution in [1.82, 2.24) is 0 Å². The molecule has 0 amide bonds. The van der Waals surface area contributed by atoms with Gasteiger partial charge in [0.1, 0.15) is 5.82 Å². The summed E-state index contributed by atoms with van der Waals surface area (Å²) in [6.45, 7) is 6.33. The highest BCUT2D eigenvalue weighted by Gasteiger charge is 2.12. The van der Waals surface area contributed by atoms with E-state index in [2.05, 4.69) is 26.1 Å². The molecule has 0 fully saturated rings. The average Bonchev–Trinajstić information content (AvgIpc) is 2.16. The number of hydrogen-bond acceptors (Lipinski definition) is 2. The minimum absolute atomic E-state index is 0.283. The van der Waals surface area contributed by atoms with E-state index in [4.69, 9.17) is 5.73 Å². The van der Waals surface area contributed by atoms with Crippen molar-refractivity contribution in [3.63, 3.8) is 0 Å². The molecule has 0 bridgehead atoms. The van der Waals surface area contributed by atoms with Crippen LogP contribution in [0, 0.1) is 11.7 Å². The van der Waals surface area contributed by atoms with Gasteiger partial charge < -0.3 is 11.1 Å². The highest BCUT2D eigenvalue weighted by molar-refractivity contribution is 5.53. The van der Waals surface area contributed by atoms with E-state index in [9.17, 15) is 4.39 Å². The van der Waals surface area contributed by atoms with E-state index in [1.807, 2.05) is 0 Å². The molecule has 0 aliphatic rings. The van der Waals surface area contributed by atoms with Crippen LogP contribution in [0.15, 0.2) is 18.2 Å². The Morgan fingerprint density at radius 1 is 1.40 bits per heavy atom. The predicted molar refractivity (Wildman–Crippen MR) is 63.4 cm³/mol. The number of nitrogen functional groups attached to an aromatic ring is 1. The van der Waals surface area contributed by atoms with Crippen LogP contribution in [0.5, 0.6) is 0 Å². The van der Waals surface area contributed by atoms with E-state index < -0.39 is 0 Å². The molecule has 0 aliphatic heterocycles. The molecule has 15 heavy (non-hydrogen) atoms. The fourth-order valence-corrected chi connectivity index (χ4v) is 1.59. The predicted octanol–water partition coefficient (Wildman–Crippen LogP) is 3.25. The Balaban J connectivity index is 2.79. The summed E-state index contributed by atoms with van der Waals surface area (Å²) in [4.78, 5) is 0. The minimum Gasteiger partial charge on any atom is -0.399 e. The topological polar surface area (TPSA) is 38.0 Å². The summed E-state index contributed by atoms with van der Waals surface area (Å²) < 4.78 is 13.5. The molecule has 0 radical (unpaired) electrons. The van der Waals surface area contributed by atoms with Gasteiger partial charge in [0.05, 0.1) is 5.69 Å². The summed E-state index contributed by atoms with van der Waals surface area (Å²) in [6.07, 6.45) is 0.974. The maximum atomic E-state index is 13.5. The molecule has 0 aliphatic carbocycles. The van der Waals surface area contributed by atoms with Gasteiger partial charge in [0.25, 0.3) is 0 Å². The first-order chi connectivity index (χ1) is 7.04. The highest BCUT2D eigenvalue weighted by atomic mass is 19.1. The van der Waals surface area contributed by atoms with Gasteiger partial charge in [0, 0.05) is 11.7 Å². The third-order valence-corrected chi connectivity index (χ3v) is 2.58. The van der Waals surface area contributed by atoms with Gasteiger partial charge >= 0.3 is 0 Å². The number of halogens is 1. The average molecular weight is 210 g/mol. The van der Waals surface area contributed by atoms with Crippen molar-refractivity contribution >= 4 is 11.4 Å². The monoisotopic (exact) mass is 210 g/mol. The summed E-state index contributed by atoms with van der Waals surface area (Å²) in [5, 5.41) is 3.19. The van der Waals surface area contributed by atoms with Gasteiger partial charge in [0.15, 0.2) is 0 Å². The lowest BCUT2D eigenvalue weighted by Gasteiger charge is -2.22. The maximum Gasteiger partial charge on any atom is 0.148 e. The zero-order valence-electron chi connectivity index (χ0n) is 9.55. The number of anilines is 2. The third kappa shape index (κ3) is 3.11. The van der Waals surface area contributed by atoms with E-state index in [1.54, 1.807) is 12.1 Å². The number of rotatable bonds is 4. The molecule has 3 N–H and O–H groups in total. The molecule has 0 aromatic heterocycles. The smallest absolute Gasteiger partial charge is 0.148 e. The lowest BCUT2D eigenvalue weighted by atomic mass is 10.0. The second-order valence-corrected chi connectivity index (χ2v) is 4.14. The van der Waals surface area contributed by atoms with Gasteiger partial charge in [-0.15, -0.1) is 0 Å². The molecular formula is C12H19FN2. The van der Waals surface area contributed by atoms with E-state index in [1.165, 1.54) is 6.07 Å². The Morgan fingerprint density at radius 3 is 2.53 bits per heavy atom. The lowest BCUT2D eigenvalue weighted by molar-refractivity contribution is 0.507. The zero-order chi connectivity index (χ0) is 11.4. The normalized spacial score (nSPS) is 12.9. The molecule has 84 valence electrons. The Labute approximate surface area is 90.7 Å². The molecule has 0 spiro atoms. The molecule has 0 saturated heterocycles. The minimum atomic E-state index is -0.283. The first-order valence-corrected chi connectivity index (χ1v) is 5.36. The standard InChI is InChI=1S/C12H19FN2/c1-4-11(8(2)3)15-12-6-5-9(14)7-10(12)13/h5-8,11,15H,4,14H2,1-3H3. The SMILES string of the molecule is CCC(Nc1ccc(N)cc1F)C(C)C. The Bertz CT molecular complexity index is 323. The second-order valence-electron chi connectivity index (χ2n) is 4.14. The van der Waals surface area contributed by atoms with Crippen LogP contribution in [0.3, 0.4) is 0 Å². The molecule has 1 rings (SSSR count). The largest absolute Gasteiger partial charge is 0.399 e. The van der Waals surface area contributed by atoms with Crippen molar-refractivity contribution < 1.29 is 4.39 Å². The van der Waals surface area contributed by atoms with Crippen LogP contribution in [0.25, 0.3) is 0 Å². The van der Waals surface area contributed by atoms with Crippen molar-refractivity contribution in [3.05, 3.63) is 24.0 Å². The van der Waals surface area contributed by atoms with Crippen LogP contribution in [0.1, 0.15) is 27.2 Å². The quantitative estimate of drug-likeness (QED) is 0.749. The molecule has 1 aromatic rings. The first-order valence-electron chi connectivity index (χ1n) is 5.36. The number of hydrogen-bond donors (Lipinski definition) is 2. The molecule has 2 nitrogen and oxygen atoms in total. The fraction of sp³-hybridized carbons (Fsp3) is 0.500. The van der Waals surface area contributed by atoms with E-state index >= 15 is 0 Å². The van der Waals surface area contributed by atoms with Crippen molar-refractivity contribution in [3.8, 4) is 0 Å². The van der Waals surface area contributed by atoms with Crippen molar-refractivity contribution in [2.45, 2.75) is 33.2 Å². The van der Waals surface area contributed by atoms with Crippen LogP contribution in [0.4, 0.5) is 15.8 Å². The lowest BCUT2D eigenvalue weighted by Crippen LogP contribution is -2.25. The summed E-state index contributed by atoms with van der Waals surface area (Å²) in [5.74, 6) is 0.195. The van der Waals surface area contributed by atoms with Crippen LogP contribution in [-0.4, -0.2) is 6.04 Å². The van der Waals surface area contributed by atoms with Crippen molar-refractivity contribution in [2.75, 3.05) is 11.1 Å². The molecule has 1 aromatic carbocycles. The molecular weight excluding hydrogens is 191 g/mol. The Hall–Kier alpha value is -1.25. The molecule has 0 heterocycles. The van der Waals surface area contributed by atoms with Gasteiger partial charge in [-0.3, -0.25) is 0 Å². The van der Waals surface area contributed by atoms with Crippen molar-refractivity contribution in [2.24, 2.45) is 5.92 Å². The third-order valence-electron chi connectivity index (χ3n) is 2.58. The van der Waals surface area contributed by atoms with Crippen LogP contribution < -0.4 is 11.1 Å². The Kier molecular flexibility index (Phi) is 3.95. The zero-order valence-corrected chi connectivity index (χ0v) is 9.55. The highest BCUT2D eigenvalue weighted by Crippen LogP contribution is 2.20. The summed E-state index contributed by atoms with van der Waals surface area (Å²) in [6, 6.07) is 5.03. The van der Waals surface area contributed by atoms with Gasteiger partial charge in [0.2, 0.25) is 0 Å². The summed E-state index contributed by atoms with van der Waals surface area (Å²) >= 11 is 0. The number of benzene rings is 1. The number of nitrogens with one attached hydrogen (secondary N) is 1. The molecule has 1 unspecified atom stereocenters. The van der Waals surface area contributed by atoms with E-state index in [0.717, 1.165) is 6.42 Å². The first kappa shape index (κ1) is 11.8. The maximum absolute atomic E-state index is 13.5. The van der Waals surface area contributed by atoms with Crippen LogP contribution in [-0.2, 0) is 0 Å². The van der Waals surface area contributed by atoms with Crippen LogP contribution in [0.2, 0.25) is 0 Å². The van der Waals surface area contributed by atoms with E-state index in [0.29, 0.717) is 23.3 Å². The fourth-order valence-electron chi connectivity index (χ4n) is 1.59.